The lowest BCUT2D eigenvalue weighted by atomic mass is 10.1. The summed E-state index contributed by atoms with van der Waals surface area (Å²) in [7, 11) is 1.37. The van der Waals surface area contributed by atoms with Crippen LogP contribution in [0.4, 0.5) is 5.69 Å². The number of hydrogen-bond acceptors (Lipinski definition) is 3. The molecular formula is C19H22IN3O2. The average Bonchev–Trinajstić information content (AvgIpc) is 3.07. The molecule has 25 heavy (non-hydrogen) atoms. The van der Waals surface area contributed by atoms with Crippen LogP contribution in [0.25, 0.3) is 0 Å². The molecular weight excluding hydrogens is 429 g/mol. The monoisotopic (exact) mass is 451 g/mol. The van der Waals surface area contributed by atoms with E-state index in [1.165, 1.54) is 24.7 Å². The highest BCUT2D eigenvalue weighted by atomic mass is 127. The van der Waals surface area contributed by atoms with Crippen molar-refractivity contribution in [2.45, 2.75) is 25.8 Å². The SMILES string of the molecule is COC(=O)c1cccc(CN=C(N)Nc2ccc3c(c2)CCC3)c1.I. The molecule has 2 aromatic carbocycles. The minimum atomic E-state index is -0.356. The number of esters is 1. The summed E-state index contributed by atoms with van der Waals surface area (Å²) in [6, 6.07) is 13.5. The Labute approximate surface area is 164 Å². The Hall–Kier alpha value is -2.09. The van der Waals surface area contributed by atoms with Gasteiger partial charge in [0.25, 0.3) is 0 Å². The third-order valence-electron chi connectivity index (χ3n) is 4.15. The normalized spacial score (nSPS) is 12.9. The summed E-state index contributed by atoms with van der Waals surface area (Å²) in [5, 5.41) is 3.13. The number of nitrogens with one attached hydrogen (secondary N) is 1. The molecule has 6 heteroatoms. The fourth-order valence-corrected chi connectivity index (χ4v) is 2.93. The van der Waals surface area contributed by atoms with E-state index in [1.54, 1.807) is 18.2 Å². The summed E-state index contributed by atoms with van der Waals surface area (Å²) in [6.45, 7) is 0.397. The molecule has 3 rings (SSSR count). The lowest BCUT2D eigenvalue weighted by Gasteiger charge is -2.08. The number of carbonyl (C=O) groups is 1. The number of anilines is 1. The summed E-state index contributed by atoms with van der Waals surface area (Å²) in [6.07, 6.45) is 3.51. The minimum absolute atomic E-state index is 0. The van der Waals surface area contributed by atoms with Crippen molar-refractivity contribution in [3.05, 3.63) is 64.7 Å². The van der Waals surface area contributed by atoms with Gasteiger partial charge in [0.05, 0.1) is 19.2 Å². The van der Waals surface area contributed by atoms with Crippen LogP contribution in [0, 0.1) is 0 Å². The molecule has 1 aliphatic carbocycles. The number of guanidine groups is 1. The largest absolute Gasteiger partial charge is 0.465 e. The number of methoxy groups -OCH3 is 1. The van der Waals surface area contributed by atoms with Gasteiger partial charge in [-0.15, -0.1) is 24.0 Å². The molecule has 0 spiro atoms. The zero-order chi connectivity index (χ0) is 16.9. The fourth-order valence-electron chi connectivity index (χ4n) is 2.93. The van der Waals surface area contributed by atoms with Crippen molar-refractivity contribution in [3.63, 3.8) is 0 Å². The van der Waals surface area contributed by atoms with Gasteiger partial charge in [-0.05, 0) is 60.2 Å². The average molecular weight is 451 g/mol. The van der Waals surface area contributed by atoms with Crippen LogP contribution in [0.15, 0.2) is 47.5 Å². The van der Waals surface area contributed by atoms with Crippen LogP contribution in [-0.2, 0) is 24.1 Å². The van der Waals surface area contributed by atoms with Crippen LogP contribution >= 0.6 is 24.0 Å². The second-order valence-corrected chi connectivity index (χ2v) is 5.86. The van der Waals surface area contributed by atoms with Gasteiger partial charge in [-0.25, -0.2) is 9.79 Å². The molecule has 0 unspecified atom stereocenters. The van der Waals surface area contributed by atoms with Gasteiger partial charge < -0.3 is 15.8 Å². The van der Waals surface area contributed by atoms with Gasteiger partial charge in [0.1, 0.15) is 0 Å². The van der Waals surface area contributed by atoms with Crippen LogP contribution in [0.5, 0.6) is 0 Å². The number of fused-ring (bicyclic) bond motifs is 1. The topological polar surface area (TPSA) is 76.7 Å². The second-order valence-electron chi connectivity index (χ2n) is 5.86. The van der Waals surface area contributed by atoms with E-state index in [4.69, 9.17) is 10.5 Å². The molecule has 0 heterocycles. The molecule has 3 N–H and O–H groups in total. The van der Waals surface area contributed by atoms with Crippen LogP contribution < -0.4 is 11.1 Å². The number of carbonyl (C=O) groups excluding carboxylic acids is 1. The number of nitrogens with two attached hydrogens (primary N) is 1. The molecule has 0 amide bonds. The highest BCUT2D eigenvalue weighted by molar-refractivity contribution is 14.0. The number of aliphatic imine (C=N–C) groups is 1. The third-order valence-corrected chi connectivity index (χ3v) is 4.15. The first-order valence-corrected chi connectivity index (χ1v) is 8.02. The fraction of sp³-hybridized carbons (Fsp3) is 0.263. The quantitative estimate of drug-likeness (QED) is 0.323. The Morgan fingerprint density at radius 1 is 1.20 bits per heavy atom. The van der Waals surface area contributed by atoms with Crippen molar-refractivity contribution < 1.29 is 9.53 Å². The van der Waals surface area contributed by atoms with E-state index in [0.717, 1.165) is 24.1 Å². The molecule has 0 bridgehead atoms. The third kappa shape index (κ3) is 4.94. The molecule has 5 nitrogen and oxygen atoms in total. The summed E-state index contributed by atoms with van der Waals surface area (Å²) in [5.41, 5.74) is 11.2. The molecule has 0 fully saturated rings. The van der Waals surface area contributed by atoms with Crippen molar-refractivity contribution >= 4 is 41.6 Å². The van der Waals surface area contributed by atoms with Crippen LogP contribution in [0.2, 0.25) is 0 Å². The number of benzene rings is 2. The molecule has 0 aromatic heterocycles. The van der Waals surface area contributed by atoms with Gasteiger partial charge in [0.2, 0.25) is 0 Å². The van der Waals surface area contributed by atoms with Gasteiger partial charge in [-0.1, -0.05) is 18.2 Å². The molecule has 132 valence electrons. The van der Waals surface area contributed by atoms with Crippen molar-refractivity contribution in [1.82, 2.24) is 0 Å². The van der Waals surface area contributed by atoms with E-state index >= 15 is 0 Å². The predicted octanol–water partition coefficient (Wildman–Crippen LogP) is 3.51. The first-order valence-electron chi connectivity index (χ1n) is 8.02. The molecule has 0 aliphatic heterocycles. The highest BCUT2D eigenvalue weighted by Crippen LogP contribution is 2.24. The second kappa shape index (κ2) is 8.84. The van der Waals surface area contributed by atoms with Gasteiger partial charge in [-0.2, -0.15) is 0 Å². The van der Waals surface area contributed by atoms with Crippen molar-refractivity contribution in [2.75, 3.05) is 12.4 Å². The number of ether oxygens (including phenoxy) is 1. The molecule has 2 aromatic rings. The van der Waals surface area contributed by atoms with E-state index in [0.29, 0.717) is 18.1 Å². The van der Waals surface area contributed by atoms with Crippen molar-refractivity contribution in [3.8, 4) is 0 Å². The zero-order valence-electron chi connectivity index (χ0n) is 14.1. The lowest BCUT2D eigenvalue weighted by molar-refractivity contribution is 0.0600. The Balaban J connectivity index is 0.00000225. The first kappa shape index (κ1) is 19.2. The Morgan fingerprint density at radius 2 is 2.00 bits per heavy atom. The zero-order valence-corrected chi connectivity index (χ0v) is 16.4. The Morgan fingerprint density at radius 3 is 2.80 bits per heavy atom. The van der Waals surface area contributed by atoms with Crippen LogP contribution in [0.1, 0.15) is 33.5 Å². The molecule has 0 saturated heterocycles. The number of rotatable bonds is 4. The van der Waals surface area contributed by atoms with Gasteiger partial charge in [-0.3, -0.25) is 0 Å². The predicted molar refractivity (Wildman–Crippen MR) is 111 cm³/mol. The Kier molecular flexibility index (Phi) is 6.81. The number of aryl methyl sites for hydroxylation is 2. The Bertz CT molecular complexity index is 790. The summed E-state index contributed by atoms with van der Waals surface area (Å²) < 4.78 is 4.72. The summed E-state index contributed by atoms with van der Waals surface area (Å²) in [5.74, 6) is 0.00138. The highest BCUT2D eigenvalue weighted by Gasteiger charge is 2.11. The van der Waals surface area contributed by atoms with Gasteiger partial charge in [0.15, 0.2) is 5.96 Å². The lowest BCUT2D eigenvalue weighted by Crippen LogP contribution is -2.22. The molecule has 0 atom stereocenters. The van der Waals surface area contributed by atoms with Crippen molar-refractivity contribution in [2.24, 2.45) is 10.7 Å². The van der Waals surface area contributed by atoms with Crippen LogP contribution in [0.3, 0.4) is 0 Å². The standard InChI is InChI=1S/C19H21N3O2.HI/c1-24-18(23)16-7-2-4-13(10-16)12-21-19(20)22-17-9-8-14-5-3-6-15(14)11-17;/h2,4,7-11H,3,5-6,12H2,1H3,(H3,20,21,22);1H. The smallest absolute Gasteiger partial charge is 0.337 e. The number of nitrogens with zero attached hydrogens (tertiary/aromatic N) is 1. The van der Waals surface area contributed by atoms with E-state index in [9.17, 15) is 4.79 Å². The van der Waals surface area contributed by atoms with Crippen LogP contribution in [-0.4, -0.2) is 19.0 Å². The van der Waals surface area contributed by atoms with Gasteiger partial charge >= 0.3 is 5.97 Å². The molecule has 1 aliphatic rings. The van der Waals surface area contributed by atoms with E-state index in [2.05, 4.69) is 22.4 Å². The van der Waals surface area contributed by atoms with E-state index in [1.807, 2.05) is 12.1 Å². The number of halogens is 1. The maximum atomic E-state index is 11.5. The minimum Gasteiger partial charge on any atom is -0.465 e. The van der Waals surface area contributed by atoms with E-state index < -0.39 is 0 Å². The first-order chi connectivity index (χ1) is 11.7. The molecule has 0 saturated carbocycles. The number of hydrogen-bond donors (Lipinski definition) is 2. The maximum Gasteiger partial charge on any atom is 0.337 e. The molecule has 0 radical (unpaired) electrons. The summed E-state index contributed by atoms with van der Waals surface area (Å²) >= 11 is 0. The van der Waals surface area contributed by atoms with Gasteiger partial charge in [0, 0.05) is 5.69 Å². The van der Waals surface area contributed by atoms with E-state index in [-0.39, 0.29) is 29.9 Å². The maximum absolute atomic E-state index is 11.5. The summed E-state index contributed by atoms with van der Waals surface area (Å²) in [4.78, 5) is 15.9. The van der Waals surface area contributed by atoms with Crippen molar-refractivity contribution in [1.29, 1.82) is 0 Å².